The highest BCUT2D eigenvalue weighted by Crippen LogP contribution is 2.27. The Hall–Kier alpha value is -2.54. The number of benzene rings is 2. The van der Waals surface area contributed by atoms with E-state index in [0.717, 1.165) is 5.56 Å². The van der Waals surface area contributed by atoms with E-state index in [9.17, 15) is 13.2 Å². The van der Waals surface area contributed by atoms with Crippen LogP contribution in [0.25, 0.3) is 0 Å². The van der Waals surface area contributed by atoms with Crippen molar-refractivity contribution in [1.82, 2.24) is 0 Å². The van der Waals surface area contributed by atoms with Crippen LogP contribution in [-0.2, 0) is 10.0 Å². The van der Waals surface area contributed by atoms with Gasteiger partial charge in [0.15, 0.2) is 0 Å². The molecule has 2 N–H and O–H groups in total. The van der Waals surface area contributed by atoms with E-state index in [0.29, 0.717) is 6.61 Å². The molecular formula is C16H17NO5S. The molecule has 0 fully saturated rings. The molecule has 7 heteroatoms. The first-order chi connectivity index (χ1) is 10.8. The average molecular weight is 335 g/mol. The number of carbonyl (C=O) groups is 1. The van der Waals surface area contributed by atoms with E-state index < -0.39 is 16.0 Å². The van der Waals surface area contributed by atoms with Crippen LogP contribution in [0.2, 0.25) is 0 Å². The summed E-state index contributed by atoms with van der Waals surface area (Å²) in [7, 11) is -3.84. The van der Waals surface area contributed by atoms with Crippen LogP contribution in [0.3, 0.4) is 0 Å². The van der Waals surface area contributed by atoms with Gasteiger partial charge in [0.2, 0.25) is 0 Å². The highest BCUT2D eigenvalue weighted by Gasteiger charge is 2.20. The molecular weight excluding hydrogens is 318 g/mol. The molecule has 0 aliphatic carbocycles. The summed E-state index contributed by atoms with van der Waals surface area (Å²) >= 11 is 0. The Bertz CT molecular complexity index is 813. The van der Waals surface area contributed by atoms with E-state index in [4.69, 9.17) is 9.84 Å². The number of rotatable bonds is 6. The highest BCUT2D eigenvalue weighted by atomic mass is 32.2. The monoisotopic (exact) mass is 335 g/mol. The predicted octanol–water partition coefficient (Wildman–Crippen LogP) is 2.89. The minimum atomic E-state index is -3.84. The fourth-order valence-electron chi connectivity index (χ4n) is 1.99. The number of sulfonamides is 1. The van der Waals surface area contributed by atoms with Crippen LogP contribution in [0.15, 0.2) is 47.4 Å². The summed E-state index contributed by atoms with van der Waals surface area (Å²) < 4.78 is 32.9. The van der Waals surface area contributed by atoms with Gasteiger partial charge in [0.25, 0.3) is 10.0 Å². The molecule has 0 saturated carbocycles. The number of hydrogen-bond acceptors (Lipinski definition) is 4. The van der Waals surface area contributed by atoms with E-state index in [1.807, 2.05) is 0 Å². The number of carboxylic acid groups (broad SMARTS) is 1. The third kappa shape index (κ3) is 4.01. The van der Waals surface area contributed by atoms with Crippen molar-refractivity contribution in [3.8, 4) is 5.75 Å². The molecule has 6 nitrogen and oxygen atoms in total. The number of aromatic carboxylic acids is 1. The molecule has 0 radical (unpaired) electrons. The molecule has 0 spiro atoms. The summed E-state index contributed by atoms with van der Waals surface area (Å²) in [4.78, 5) is 10.9. The SMILES string of the molecule is CCOc1ccc(C)cc1S(=O)(=O)Nc1ccc(C(=O)O)cc1. The number of aryl methyl sites for hydroxylation is 1. The number of ether oxygens (including phenoxy) is 1. The van der Waals surface area contributed by atoms with Gasteiger partial charge >= 0.3 is 5.97 Å². The standard InChI is InChI=1S/C16H17NO5S/c1-3-22-14-9-4-11(2)10-15(14)23(20,21)17-13-7-5-12(6-8-13)16(18)19/h4-10,17H,3H2,1-2H3,(H,18,19). The zero-order chi connectivity index (χ0) is 17.0. The maximum atomic E-state index is 12.6. The van der Waals surface area contributed by atoms with Gasteiger partial charge in [-0.25, -0.2) is 13.2 Å². The van der Waals surface area contributed by atoms with Gasteiger partial charge < -0.3 is 9.84 Å². The molecule has 2 aromatic rings. The van der Waals surface area contributed by atoms with Gasteiger partial charge in [-0.3, -0.25) is 4.72 Å². The molecule has 23 heavy (non-hydrogen) atoms. The van der Waals surface area contributed by atoms with Crippen LogP contribution in [-0.4, -0.2) is 26.1 Å². The summed E-state index contributed by atoms with van der Waals surface area (Å²) in [6.45, 7) is 3.91. The largest absolute Gasteiger partial charge is 0.492 e. The van der Waals surface area contributed by atoms with Crippen molar-refractivity contribution >= 4 is 21.7 Å². The molecule has 0 bridgehead atoms. The lowest BCUT2D eigenvalue weighted by Crippen LogP contribution is -2.15. The lowest BCUT2D eigenvalue weighted by molar-refractivity contribution is 0.0697. The number of nitrogens with one attached hydrogen (secondary N) is 1. The van der Waals surface area contributed by atoms with Crippen molar-refractivity contribution in [2.45, 2.75) is 18.7 Å². The first kappa shape index (κ1) is 16.8. The molecule has 0 aliphatic rings. The van der Waals surface area contributed by atoms with Crippen LogP contribution in [0.5, 0.6) is 5.75 Å². The van der Waals surface area contributed by atoms with Crippen LogP contribution in [0.1, 0.15) is 22.8 Å². The molecule has 0 amide bonds. The van der Waals surface area contributed by atoms with Gasteiger partial charge in [-0.05, 0) is 55.8 Å². The fraction of sp³-hybridized carbons (Fsp3) is 0.188. The number of carboxylic acids is 1. The topological polar surface area (TPSA) is 92.7 Å². The highest BCUT2D eigenvalue weighted by molar-refractivity contribution is 7.92. The Kier molecular flexibility index (Phi) is 4.90. The van der Waals surface area contributed by atoms with E-state index in [-0.39, 0.29) is 21.9 Å². The second kappa shape index (κ2) is 6.70. The lowest BCUT2D eigenvalue weighted by atomic mass is 10.2. The predicted molar refractivity (Wildman–Crippen MR) is 86.6 cm³/mol. The molecule has 0 saturated heterocycles. The molecule has 2 aromatic carbocycles. The zero-order valence-corrected chi connectivity index (χ0v) is 13.6. The van der Waals surface area contributed by atoms with E-state index in [2.05, 4.69) is 4.72 Å². The molecule has 122 valence electrons. The number of anilines is 1. The van der Waals surface area contributed by atoms with Gasteiger partial charge in [0.05, 0.1) is 12.2 Å². The van der Waals surface area contributed by atoms with Gasteiger partial charge in [0.1, 0.15) is 10.6 Å². The molecule has 0 unspecified atom stereocenters. The van der Waals surface area contributed by atoms with Crippen molar-refractivity contribution in [3.63, 3.8) is 0 Å². The van der Waals surface area contributed by atoms with Crippen LogP contribution >= 0.6 is 0 Å². The Labute approximate surface area is 134 Å². The molecule has 2 rings (SSSR count). The minimum absolute atomic E-state index is 0.0432. The molecule has 0 atom stereocenters. The van der Waals surface area contributed by atoms with Crippen molar-refractivity contribution in [2.24, 2.45) is 0 Å². The van der Waals surface area contributed by atoms with Crippen molar-refractivity contribution < 1.29 is 23.1 Å². The summed E-state index contributed by atoms with van der Waals surface area (Å²) in [6.07, 6.45) is 0. The van der Waals surface area contributed by atoms with E-state index >= 15 is 0 Å². The smallest absolute Gasteiger partial charge is 0.335 e. The fourth-order valence-corrected chi connectivity index (χ4v) is 3.28. The summed E-state index contributed by atoms with van der Waals surface area (Å²) in [5.74, 6) is -0.801. The summed E-state index contributed by atoms with van der Waals surface area (Å²) in [5, 5.41) is 8.86. The van der Waals surface area contributed by atoms with Crippen LogP contribution in [0, 0.1) is 6.92 Å². The Morgan fingerprint density at radius 2 is 1.83 bits per heavy atom. The maximum Gasteiger partial charge on any atom is 0.335 e. The van der Waals surface area contributed by atoms with Crippen LogP contribution in [0.4, 0.5) is 5.69 Å². The second-order valence-corrected chi connectivity index (χ2v) is 6.52. The zero-order valence-electron chi connectivity index (χ0n) is 12.7. The number of hydrogen-bond donors (Lipinski definition) is 2. The lowest BCUT2D eigenvalue weighted by Gasteiger charge is -2.13. The molecule has 0 aliphatic heterocycles. The Morgan fingerprint density at radius 1 is 1.17 bits per heavy atom. The van der Waals surface area contributed by atoms with Gasteiger partial charge in [-0.15, -0.1) is 0 Å². The van der Waals surface area contributed by atoms with Crippen molar-refractivity contribution in [2.75, 3.05) is 11.3 Å². The minimum Gasteiger partial charge on any atom is -0.492 e. The van der Waals surface area contributed by atoms with Gasteiger partial charge in [-0.1, -0.05) is 6.07 Å². The van der Waals surface area contributed by atoms with Gasteiger partial charge in [0, 0.05) is 5.69 Å². The molecule has 0 aromatic heterocycles. The second-order valence-electron chi connectivity index (χ2n) is 4.87. The van der Waals surface area contributed by atoms with Crippen molar-refractivity contribution in [1.29, 1.82) is 0 Å². The summed E-state index contributed by atoms with van der Waals surface area (Å²) in [6, 6.07) is 10.4. The molecule has 0 heterocycles. The van der Waals surface area contributed by atoms with Crippen molar-refractivity contribution in [3.05, 3.63) is 53.6 Å². The van der Waals surface area contributed by atoms with E-state index in [1.54, 1.807) is 26.0 Å². The maximum absolute atomic E-state index is 12.6. The first-order valence-corrected chi connectivity index (χ1v) is 8.41. The summed E-state index contributed by atoms with van der Waals surface area (Å²) in [5.41, 5.74) is 1.15. The quantitative estimate of drug-likeness (QED) is 0.847. The Morgan fingerprint density at radius 3 is 2.39 bits per heavy atom. The van der Waals surface area contributed by atoms with Gasteiger partial charge in [-0.2, -0.15) is 0 Å². The Balaban J connectivity index is 2.35. The van der Waals surface area contributed by atoms with E-state index in [1.165, 1.54) is 30.3 Å². The first-order valence-electron chi connectivity index (χ1n) is 6.93. The normalized spacial score (nSPS) is 11.0. The average Bonchev–Trinajstić information content (AvgIpc) is 2.49. The van der Waals surface area contributed by atoms with Crippen LogP contribution < -0.4 is 9.46 Å². The third-order valence-electron chi connectivity index (χ3n) is 3.07. The third-order valence-corrected chi connectivity index (χ3v) is 4.48.